The van der Waals surface area contributed by atoms with E-state index in [4.69, 9.17) is 15.8 Å². The predicted molar refractivity (Wildman–Crippen MR) is 97.3 cm³/mol. The van der Waals surface area contributed by atoms with Gasteiger partial charge in [-0.3, -0.25) is 4.79 Å². The van der Waals surface area contributed by atoms with Gasteiger partial charge in [0, 0.05) is 42.4 Å². The van der Waals surface area contributed by atoms with Crippen molar-refractivity contribution < 1.29 is 14.3 Å². The molecule has 0 aromatic rings. The molecule has 2 N–H and O–H groups in total. The largest absolute Gasteiger partial charge is 0.450 e. The second-order valence-corrected chi connectivity index (χ2v) is 5.55. The number of hydrogen-bond donors (Lipinski definition) is 2. The second-order valence-electron chi connectivity index (χ2n) is 5.55. The van der Waals surface area contributed by atoms with Crippen LogP contribution in [-0.2, 0) is 9.53 Å². The quantitative estimate of drug-likeness (QED) is 0.184. The van der Waals surface area contributed by atoms with Crippen molar-refractivity contribution in [2.75, 3.05) is 32.8 Å². The molecule has 0 aromatic carbocycles. The normalized spacial score (nSPS) is 9.54. The van der Waals surface area contributed by atoms with E-state index in [1.807, 2.05) is 0 Å². The lowest BCUT2D eigenvalue weighted by Crippen LogP contribution is -2.26. The van der Waals surface area contributed by atoms with Gasteiger partial charge in [0.15, 0.2) is 0 Å². The third-order valence-corrected chi connectivity index (χ3v) is 3.37. The molecule has 0 aliphatic rings. The van der Waals surface area contributed by atoms with Crippen molar-refractivity contribution in [3.63, 3.8) is 0 Å². The van der Waals surface area contributed by atoms with Gasteiger partial charge in [-0.2, -0.15) is 0 Å². The molecule has 2 amide bonds. The molecule has 0 saturated heterocycles. The Hall–Kier alpha value is -2.64. The number of nitrogens with one attached hydrogen (secondary N) is 2. The van der Waals surface area contributed by atoms with Crippen LogP contribution in [0.3, 0.4) is 0 Å². The molecule has 0 aliphatic heterocycles. The van der Waals surface area contributed by atoms with Crippen LogP contribution in [0.15, 0.2) is 10.2 Å². The Labute approximate surface area is 153 Å². The van der Waals surface area contributed by atoms with Crippen molar-refractivity contribution in [2.24, 2.45) is 10.2 Å². The standard InChI is InChI=1S/C15H28N8O3/c16-22-20-11-6-3-8-14(24)18-9-4-1-2-5-10-19-15(25)26-13-7-12-21-23-17/h1-13H2,(H,18,24)(H,19,25). The van der Waals surface area contributed by atoms with E-state index < -0.39 is 6.09 Å². The fourth-order valence-electron chi connectivity index (χ4n) is 2.02. The molecular formula is C15H28N8O3. The summed E-state index contributed by atoms with van der Waals surface area (Å²) >= 11 is 0. The third-order valence-electron chi connectivity index (χ3n) is 3.37. The molecular weight excluding hydrogens is 340 g/mol. The highest BCUT2D eigenvalue weighted by Crippen LogP contribution is 1.99. The monoisotopic (exact) mass is 368 g/mol. The van der Waals surface area contributed by atoms with E-state index in [-0.39, 0.29) is 12.5 Å². The summed E-state index contributed by atoms with van der Waals surface area (Å²) in [6, 6.07) is 0. The van der Waals surface area contributed by atoms with Gasteiger partial charge in [-0.05, 0) is 43.2 Å². The lowest BCUT2D eigenvalue weighted by molar-refractivity contribution is -0.121. The van der Waals surface area contributed by atoms with Crippen molar-refractivity contribution in [3.8, 4) is 0 Å². The van der Waals surface area contributed by atoms with Gasteiger partial charge in [0.1, 0.15) is 0 Å². The number of ether oxygens (including phenoxy) is 1. The van der Waals surface area contributed by atoms with Crippen molar-refractivity contribution in [2.45, 2.75) is 51.4 Å². The Morgan fingerprint density at radius 2 is 1.42 bits per heavy atom. The fraction of sp³-hybridized carbons (Fsp3) is 0.867. The zero-order chi connectivity index (χ0) is 19.3. The number of alkyl carbamates (subject to hydrolysis) is 1. The molecule has 0 rings (SSSR count). The van der Waals surface area contributed by atoms with Crippen molar-refractivity contribution in [1.82, 2.24) is 10.6 Å². The SMILES string of the molecule is [N-]=[N+]=NCCCCC(=O)NCCCCCCNC(=O)OCCCN=[N+]=[N-]. The zero-order valence-corrected chi connectivity index (χ0v) is 15.1. The van der Waals surface area contributed by atoms with Gasteiger partial charge in [0.05, 0.1) is 6.61 Å². The van der Waals surface area contributed by atoms with E-state index in [1.54, 1.807) is 0 Å². The second kappa shape index (κ2) is 18.7. The van der Waals surface area contributed by atoms with Crippen LogP contribution in [0.2, 0.25) is 0 Å². The van der Waals surface area contributed by atoms with Gasteiger partial charge in [0.25, 0.3) is 0 Å². The number of unbranched alkanes of at least 4 members (excludes halogenated alkanes) is 4. The molecule has 11 heteroatoms. The van der Waals surface area contributed by atoms with Crippen LogP contribution >= 0.6 is 0 Å². The van der Waals surface area contributed by atoms with Crippen LogP contribution in [0.25, 0.3) is 20.9 Å². The van der Waals surface area contributed by atoms with Gasteiger partial charge in [-0.15, -0.1) is 0 Å². The van der Waals surface area contributed by atoms with Crippen molar-refractivity contribution >= 4 is 12.0 Å². The number of hydrogen-bond acceptors (Lipinski definition) is 5. The van der Waals surface area contributed by atoms with Crippen LogP contribution in [0.1, 0.15) is 51.4 Å². The zero-order valence-electron chi connectivity index (χ0n) is 15.1. The molecule has 0 spiro atoms. The average molecular weight is 368 g/mol. The maximum absolute atomic E-state index is 11.5. The first-order chi connectivity index (χ1) is 12.7. The maximum Gasteiger partial charge on any atom is 0.407 e. The van der Waals surface area contributed by atoms with Crippen LogP contribution in [0.5, 0.6) is 0 Å². The first-order valence-electron chi connectivity index (χ1n) is 8.89. The van der Waals surface area contributed by atoms with Crippen LogP contribution < -0.4 is 10.6 Å². The Morgan fingerprint density at radius 3 is 2.08 bits per heavy atom. The van der Waals surface area contributed by atoms with E-state index in [9.17, 15) is 9.59 Å². The van der Waals surface area contributed by atoms with E-state index in [0.29, 0.717) is 39.0 Å². The van der Waals surface area contributed by atoms with E-state index in [1.165, 1.54) is 0 Å². The molecule has 0 heterocycles. The lowest BCUT2D eigenvalue weighted by atomic mass is 10.2. The molecule has 26 heavy (non-hydrogen) atoms. The molecule has 0 bridgehead atoms. The fourth-order valence-corrected chi connectivity index (χ4v) is 2.02. The minimum absolute atomic E-state index is 0.0239. The number of azide groups is 2. The molecule has 0 aromatic heterocycles. The van der Waals surface area contributed by atoms with Gasteiger partial charge < -0.3 is 15.4 Å². The Balaban J connectivity index is 3.32. The summed E-state index contributed by atoms with van der Waals surface area (Å²) in [6.45, 7) is 2.18. The van der Waals surface area contributed by atoms with Crippen molar-refractivity contribution in [3.05, 3.63) is 20.9 Å². The van der Waals surface area contributed by atoms with Gasteiger partial charge >= 0.3 is 6.09 Å². The summed E-state index contributed by atoms with van der Waals surface area (Å²) in [5, 5.41) is 12.3. The van der Waals surface area contributed by atoms with E-state index in [2.05, 4.69) is 30.7 Å². The van der Waals surface area contributed by atoms with Gasteiger partial charge in [-0.1, -0.05) is 23.1 Å². The summed E-state index contributed by atoms with van der Waals surface area (Å²) in [5.41, 5.74) is 16.2. The number of carbonyl (C=O) groups excluding carboxylic acids is 2. The summed E-state index contributed by atoms with van der Waals surface area (Å²) in [4.78, 5) is 28.1. The summed E-state index contributed by atoms with van der Waals surface area (Å²) in [6.07, 6.45) is 5.62. The van der Waals surface area contributed by atoms with Gasteiger partial charge in [0.2, 0.25) is 5.91 Å². The molecule has 146 valence electrons. The number of carbonyl (C=O) groups is 2. The highest BCUT2D eigenvalue weighted by Gasteiger charge is 2.01. The molecule has 0 fully saturated rings. The topological polar surface area (TPSA) is 165 Å². The van der Waals surface area contributed by atoms with E-state index in [0.717, 1.165) is 38.5 Å². The number of rotatable bonds is 16. The minimum atomic E-state index is -0.460. The van der Waals surface area contributed by atoms with Crippen molar-refractivity contribution in [1.29, 1.82) is 0 Å². The minimum Gasteiger partial charge on any atom is -0.450 e. The molecule has 0 atom stereocenters. The lowest BCUT2D eigenvalue weighted by Gasteiger charge is -2.07. The Morgan fingerprint density at radius 1 is 0.808 bits per heavy atom. The highest BCUT2D eigenvalue weighted by molar-refractivity contribution is 5.75. The van der Waals surface area contributed by atoms with Crippen LogP contribution in [-0.4, -0.2) is 44.8 Å². The molecule has 0 aliphatic carbocycles. The first kappa shape index (κ1) is 23.4. The summed E-state index contributed by atoms with van der Waals surface area (Å²) in [7, 11) is 0. The number of nitrogens with zero attached hydrogens (tertiary/aromatic N) is 6. The molecule has 0 saturated carbocycles. The van der Waals surface area contributed by atoms with Gasteiger partial charge in [-0.25, -0.2) is 4.79 Å². The van der Waals surface area contributed by atoms with Crippen LogP contribution in [0.4, 0.5) is 4.79 Å². The summed E-state index contributed by atoms with van der Waals surface area (Å²) in [5.74, 6) is 0.0239. The van der Waals surface area contributed by atoms with Crippen LogP contribution in [0, 0.1) is 0 Å². The van der Waals surface area contributed by atoms with E-state index >= 15 is 0 Å². The average Bonchev–Trinajstić information content (AvgIpc) is 2.63. The molecule has 0 unspecified atom stereocenters. The Bertz CT molecular complexity index is 443. The predicted octanol–water partition coefficient (Wildman–Crippen LogP) is 3.57. The molecule has 11 nitrogen and oxygen atoms in total. The molecule has 0 radical (unpaired) electrons. The summed E-state index contributed by atoms with van der Waals surface area (Å²) < 4.78 is 4.91. The Kier molecular flexibility index (Phi) is 16.8. The third kappa shape index (κ3) is 17.7. The first-order valence-corrected chi connectivity index (χ1v) is 8.89. The smallest absolute Gasteiger partial charge is 0.407 e. The highest BCUT2D eigenvalue weighted by atomic mass is 16.5. The number of amides is 2. The maximum atomic E-state index is 11.5.